The number of anilines is 1. The number of methoxy groups -OCH3 is 1. The number of nitrogens with zero attached hydrogens (tertiary/aromatic N) is 2. The summed E-state index contributed by atoms with van der Waals surface area (Å²) < 4.78 is 5.88. The molecule has 6 nitrogen and oxygen atoms in total. The number of hydrogen-bond acceptors (Lipinski definition) is 7. The second-order valence-electron chi connectivity index (χ2n) is 4.45. The van der Waals surface area contributed by atoms with Gasteiger partial charge in [-0.05, 0) is 24.6 Å². The Morgan fingerprint density at radius 3 is 2.68 bits per heavy atom. The lowest BCUT2D eigenvalue weighted by Crippen LogP contribution is -2.30. The van der Waals surface area contributed by atoms with Crippen molar-refractivity contribution in [3.8, 4) is 5.75 Å². The molecule has 0 aliphatic rings. The second-order valence-corrected chi connectivity index (χ2v) is 7.01. The van der Waals surface area contributed by atoms with Crippen molar-refractivity contribution in [2.75, 3.05) is 19.5 Å². The van der Waals surface area contributed by atoms with Gasteiger partial charge in [-0.3, -0.25) is 4.79 Å². The Kier molecular flexibility index (Phi) is 6.02. The zero-order chi connectivity index (χ0) is 15.9. The van der Waals surface area contributed by atoms with Crippen LogP contribution < -0.4 is 15.4 Å². The van der Waals surface area contributed by atoms with Crippen molar-refractivity contribution in [1.29, 1.82) is 0 Å². The molecule has 0 spiro atoms. The van der Waals surface area contributed by atoms with Crippen LogP contribution in [-0.4, -0.2) is 35.5 Å². The fourth-order valence-corrected chi connectivity index (χ4v) is 3.51. The highest BCUT2D eigenvalue weighted by molar-refractivity contribution is 8.02. The molecule has 0 unspecified atom stereocenters. The Labute approximate surface area is 137 Å². The third-order valence-corrected chi connectivity index (χ3v) is 5.02. The third-order valence-electron chi connectivity index (χ3n) is 2.89. The van der Waals surface area contributed by atoms with Crippen molar-refractivity contribution in [1.82, 2.24) is 15.5 Å². The first kappa shape index (κ1) is 16.6. The molecule has 0 saturated carbocycles. The second kappa shape index (κ2) is 8.00. The molecule has 2 N–H and O–H groups in total. The standard InChI is InChI=1S/C14H18N4O2S2/c1-9(21-14-18-17-13(15-2)22-14)12(19)16-8-10-4-6-11(20-3)7-5-10/h4-7,9H,8H2,1-3H3,(H,15,17)(H,16,19)/t9-/m1/s1. The molecule has 1 atom stereocenters. The summed E-state index contributed by atoms with van der Waals surface area (Å²) in [5.41, 5.74) is 1.03. The van der Waals surface area contributed by atoms with Crippen molar-refractivity contribution < 1.29 is 9.53 Å². The number of carbonyl (C=O) groups excluding carboxylic acids is 1. The first-order valence-electron chi connectivity index (χ1n) is 6.71. The molecular weight excluding hydrogens is 320 g/mol. The average molecular weight is 338 g/mol. The molecule has 2 aromatic rings. The highest BCUT2D eigenvalue weighted by Crippen LogP contribution is 2.28. The molecule has 118 valence electrons. The van der Waals surface area contributed by atoms with Crippen molar-refractivity contribution >= 4 is 34.1 Å². The normalized spacial score (nSPS) is 11.8. The lowest BCUT2D eigenvalue weighted by atomic mass is 10.2. The minimum atomic E-state index is -0.226. The van der Waals surface area contributed by atoms with E-state index < -0.39 is 0 Å². The summed E-state index contributed by atoms with van der Waals surface area (Å²) in [5.74, 6) is 0.776. The van der Waals surface area contributed by atoms with Gasteiger partial charge >= 0.3 is 0 Å². The third kappa shape index (κ3) is 4.60. The molecule has 1 aromatic carbocycles. The maximum Gasteiger partial charge on any atom is 0.233 e. The smallest absolute Gasteiger partial charge is 0.233 e. The van der Waals surface area contributed by atoms with Crippen LogP contribution in [0.2, 0.25) is 0 Å². The van der Waals surface area contributed by atoms with Gasteiger partial charge in [0.2, 0.25) is 11.0 Å². The number of nitrogens with one attached hydrogen (secondary N) is 2. The zero-order valence-corrected chi connectivity index (χ0v) is 14.3. The van der Waals surface area contributed by atoms with Crippen LogP contribution in [0.15, 0.2) is 28.6 Å². The molecule has 2 rings (SSSR count). The average Bonchev–Trinajstić information content (AvgIpc) is 3.00. The van der Waals surface area contributed by atoms with Gasteiger partial charge in [0.1, 0.15) is 5.75 Å². The summed E-state index contributed by atoms with van der Waals surface area (Å²) in [5, 5.41) is 14.3. The number of amides is 1. The van der Waals surface area contributed by atoms with Gasteiger partial charge in [-0.25, -0.2) is 0 Å². The molecule has 8 heteroatoms. The van der Waals surface area contributed by atoms with Crippen LogP contribution in [0, 0.1) is 0 Å². The van der Waals surface area contributed by atoms with Crippen LogP contribution in [0.25, 0.3) is 0 Å². The van der Waals surface area contributed by atoms with E-state index in [1.54, 1.807) is 14.2 Å². The van der Waals surface area contributed by atoms with Gasteiger partial charge < -0.3 is 15.4 Å². The molecular formula is C14H18N4O2S2. The van der Waals surface area contributed by atoms with Crippen LogP contribution in [0.1, 0.15) is 12.5 Å². The number of hydrogen-bond donors (Lipinski definition) is 2. The van der Waals surface area contributed by atoms with E-state index in [1.165, 1.54) is 23.1 Å². The number of thioether (sulfide) groups is 1. The van der Waals surface area contributed by atoms with E-state index in [4.69, 9.17) is 4.74 Å². The molecule has 0 fully saturated rings. The lowest BCUT2D eigenvalue weighted by Gasteiger charge is -2.10. The molecule has 1 amide bonds. The van der Waals surface area contributed by atoms with Gasteiger partial charge in [-0.2, -0.15) is 0 Å². The Bertz CT molecular complexity index is 616. The van der Waals surface area contributed by atoms with Gasteiger partial charge in [0.15, 0.2) is 4.34 Å². The predicted octanol–water partition coefficient (Wildman–Crippen LogP) is 2.39. The van der Waals surface area contributed by atoms with Crippen molar-refractivity contribution in [3.05, 3.63) is 29.8 Å². The summed E-state index contributed by atoms with van der Waals surface area (Å²) in [4.78, 5) is 12.1. The van der Waals surface area contributed by atoms with Crippen LogP contribution in [-0.2, 0) is 11.3 Å². The van der Waals surface area contributed by atoms with Gasteiger partial charge in [-0.15, -0.1) is 10.2 Å². The number of rotatable bonds is 7. The monoisotopic (exact) mass is 338 g/mol. The van der Waals surface area contributed by atoms with Gasteiger partial charge in [0.25, 0.3) is 0 Å². The number of benzene rings is 1. The zero-order valence-electron chi connectivity index (χ0n) is 12.6. The van der Waals surface area contributed by atoms with E-state index in [-0.39, 0.29) is 11.2 Å². The first-order valence-corrected chi connectivity index (χ1v) is 8.40. The van der Waals surface area contributed by atoms with E-state index >= 15 is 0 Å². The summed E-state index contributed by atoms with van der Waals surface area (Å²) in [6.07, 6.45) is 0. The van der Waals surface area contributed by atoms with E-state index in [9.17, 15) is 4.79 Å². The Balaban J connectivity index is 1.82. The summed E-state index contributed by atoms with van der Waals surface area (Å²) in [6.45, 7) is 2.35. The van der Waals surface area contributed by atoms with E-state index in [1.807, 2.05) is 31.2 Å². The maximum absolute atomic E-state index is 12.1. The van der Waals surface area contributed by atoms with Crippen molar-refractivity contribution in [3.63, 3.8) is 0 Å². The van der Waals surface area contributed by atoms with Crippen LogP contribution in [0.5, 0.6) is 5.75 Å². The maximum atomic E-state index is 12.1. The number of aromatic nitrogens is 2. The van der Waals surface area contributed by atoms with Gasteiger partial charge in [0, 0.05) is 13.6 Å². The van der Waals surface area contributed by atoms with Crippen LogP contribution in [0.3, 0.4) is 0 Å². The minimum Gasteiger partial charge on any atom is -0.497 e. The Morgan fingerprint density at radius 1 is 1.36 bits per heavy atom. The highest BCUT2D eigenvalue weighted by atomic mass is 32.2. The topological polar surface area (TPSA) is 76.1 Å². The fourth-order valence-electron chi connectivity index (χ4n) is 1.64. The Hall–Kier alpha value is -1.80. The van der Waals surface area contributed by atoms with E-state index in [2.05, 4.69) is 20.8 Å². The lowest BCUT2D eigenvalue weighted by molar-refractivity contribution is -0.120. The molecule has 0 aliphatic carbocycles. The van der Waals surface area contributed by atoms with Crippen molar-refractivity contribution in [2.24, 2.45) is 0 Å². The molecule has 0 radical (unpaired) electrons. The molecule has 0 bridgehead atoms. The molecule has 0 saturated heterocycles. The van der Waals surface area contributed by atoms with E-state index in [0.29, 0.717) is 6.54 Å². The van der Waals surface area contributed by atoms with Gasteiger partial charge in [-0.1, -0.05) is 35.2 Å². The van der Waals surface area contributed by atoms with Crippen LogP contribution >= 0.6 is 23.1 Å². The molecule has 1 heterocycles. The van der Waals surface area contributed by atoms with E-state index in [0.717, 1.165) is 20.8 Å². The summed E-state index contributed by atoms with van der Waals surface area (Å²) >= 11 is 2.83. The largest absolute Gasteiger partial charge is 0.497 e. The van der Waals surface area contributed by atoms with Crippen molar-refractivity contribution in [2.45, 2.75) is 23.1 Å². The SMILES string of the molecule is CNc1nnc(S[C@H](C)C(=O)NCc2ccc(OC)cc2)s1. The number of ether oxygens (including phenoxy) is 1. The number of carbonyl (C=O) groups is 1. The first-order chi connectivity index (χ1) is 10.6. The fraction of sp³-hybridized carbons (Fsp3) is 0.357. The predicted molar refractivity (Wildman–Crippen MR) is 89.6 cm³/mol. The Morgan fingerprint density at radius 2 is 2.09 bits per heavy atom. The highest BCUT2D eigenvalue weighted by Gasteiger charge is 2.16. The molecule has 1 aromatic heterocycles. The summed E-state index contributed by atoms with van der Waals surface area (Å²) in [7, 11) is 3.42. The molecule has 22 heavy (non-hydrogen) atoms. The quantitative estimate of drug-likeness (QED) is 0.755. The van der Waals surface area contributed by atoms with Gasteiger partial charge in [0.05, 0.1) is 12.4 Å². The summed E-state index contributed by atoms with van der Waals surface area (Å²) in [6, 6.07) is 7.61. The van der Waals surface area contributed by atoms with Crippen LogP contribution in [0.4, 0.5) is 5.13 Å². The molecule has 0 aliphatic heterocycles. The minimum absolute atomic E-state index is 0.0259.